The van der Waals surface area contributed by atoms with E-state index in [1.165, 1.54) is 11.1 Å². The van der Waals surface area contributed by atoms with Crippen molar-refractivity contribution >= 4 is 0 Å². The van der Waals surface area contributed by atoms with Crippen molar-refractivity contribution in [1.82, 2.24) is 25.0 Å². The molecular weight excluding hydrogens is 310 g/mol. The van der Waals surface area contributed by atoms with Crippen LogP contribution in [0.4, 0.5) is 0 Å². The molecule has 3 rings (SSSR count). The van der Waals surface area contributed by atoms with Crippen LogP contribution in [-0.2, 0) is 13.6 Å². The average Bonchev–Trinajstić information content (AvgIpc) is 3.00. The fourth-order valence-electron chi connectivity index (χ4n) is 3.04. The SMILES string of the molecule is CN(C)C(CNCc1cn(C)nc1-c1ccncc1)c1ccccc1. The minimum atomic E-state index is 0.335. The van der Waals surface area contributed by atoms with Crippen molar-refractivity contribution in [2.75, 3.05) is 20.6 Å². The Balaban J connectivity index is 1.70. The van der Waals surface area contributed by atoms with Crippen LogP contribution in [0.3, 0.4) is 0 Å². The minimum Gasteiger partial charge on any atom is -0.311 e. The van der Waals surface area contributed by atoms with Gasteiger partial charge in [-0.15, -0.1) is 0 Å². The van der Waals surface area contributed by atoms with Gasteiger partial charge in [0.15, 0.2) is 0 Å². The Morgan fingerprint density at radius 3 is 2.48 bits per heavy atom. The molecule has 2 heterocycles. The summed E-state index contributed by atoms with van der Waals surface area (Å²) in [4.78, 5) is 6.34. The Morgan fingerprint density at radius 1 is 1.08 bits per heavy atom. The van der Waals surface area contributed by atoms with Crippen LogP contribution in [-0.4, -0.2) is 40.3 Å². The van der Waals surface area contributed by atoms with Crippen molar-refractivity contribution in [3.63, 3.8) is 0 Å². The summed E-state index contributed by atoms with van der Waals surface area (Å²) < 4.78 is 1.87. The Bertz CT molecular complexity index is 780. The second-order valence-corrected chi connectivity index (χ2v) is 6.43. The van der Waals surface area contributed by atoms with Crippen molar-refractivity contribution in [2.24, 2.45) is 7.05 Å². The zero-order chi connectivity index (χ0) is 17.6. The fourth-order valence-corrected chi connectivity index (χ4v) is 3.04. The molecule has 130 valence electrons. The zero-order valence-corrected chi connectivity index (χ0v) is 15.1. The van der Waals surface area contributed by atoms with Crippen LogP contribution in [0, 0.1) is 0 Å². The van der Waals surface area contributed by atoms with Gasteiger partial charge in [0.2, 0.25) is 0 Å². The predicted octanol–water partition coefficient (Wildman–Crippen LogP) is 2.87. The third-order valence-corrected chi connectivity index (χ3v) is 4.32. The van der Waals surface area contributed by atoms with Gasteiger partial charge >= 0.3 is 0 Å². The Labute approximate surface area is 149 Å². The number of nitrogens with zero attached hydrogens (tertiary/aromatic N) is 4. The minimum absolute atomic E-state index is 0.335. The summed E-state index contributed by atoms with van der Waals surface area (Å²) in [5.74, 6) is 0. The van der Waals surface area contributed by atoms with Crippen LogP contribution in [0.1, 0.15) is 17.2 Å². The van der Waals surface area contributed by atoms with Gasteiger partial charge < -0.3 is 10.2 Å². The van der Waals surface area contributed by atoms with Crippen LogP contribution >= 0.6 is 0 Å². The molecule has 0 aliphatic rings. The van der Waals surface area contributed by atoms with Crippen molar-refractivity contribution in [3.05, 3.63) is 72.2 Å². The summed E-state index contributed by atoms with van der Waals surface area (Å²) in [6.07, 6.45) is 5.69. The monoisotopic (exact) mass is 335 g/mol. The molecule has 0 aliphatic heterocycles. The first kappa shape index (κ1) is 17.3. The molecule has 0 spiro atoms. The van der Waals surface area contributed by atoms with E-state index in [-0.39, 0.29) is 0 Å². The maximum atomic E-state index is 4.61. The van der Waals surface area contributed by atoms with Crippen LogP contribution < -0.4 is 5.32 Å². The molecule has 0 amide bonds. The van der Waals surface area contributed by atoms with Crippen LogP contribution in [0.25, 0.3) is 11.3 Å². The number of likely N-dealkylation sites (N-methyl/N-ethyl adjacent to an activating group) is 1. The summed E-state index contributed by atoms with van der Waals surface area (Å²) >= 11 is 0. The highest BCUT2D eigenvalue weighted by Crippen LogP contribution is 2.21. The smallest absolute Gasteiger partial charge is 0.0969 e. The molecule has 25 heavy (non-hydrogen) atoms. The maximum absolute atomic E-state index is 4.61. The molecule has 5 nitrogen and oxygen atoms in total. The molecule has 5 heteroatoms. The van der Waals surface area contributed by atoms with Crippen molar-refractivity contribution in [3.8, 4) is 11.3 Å². The number of hydrogen-bond donors (Lipinski definition) is 1. The molecule has 0 radical (unpaired) electrons. The van der Waals surface area contributed by atoms with Crippen LogP contribution in [0.15, 0.2) is 61.1 Å². The maximum Gasteiger partial charge on any atom is 0.0969 e. The Hall–Kier alpha value is -2.50. The Kier molecular flexibility index (Phi) is 5.58. The van der Waals surface area contributed by atoms with Crippen LogP contribution in [0.5, 0.6) is 0 Å². The molecule has 1 aromatic carbocycles. The summed E-state index contributed by atoms with van der Waals surface area (Å²) in [6, 6.07) is 14.9. The molecule has 0 saturated heterocycles. The molecule has 2 aromatic heterocycles. The third-order valence-electron chi connectivity index (χ3n) is 4.32. The molecule has 0 bridgehead atoms. The first-order chi connectivity index (χ1) is 12.1. The van der Waals surface area contributed by atoms with Crippen molar-refractivity contribution < 1.29 is 0 Å². The highest BCUT2D eigenvalue weighted by molar-refractivity contribution is 5.61. The molecule has 3 aromatic rings. The molecule has 1 N–H and O–H groups in total. The number of pyridine rings is 1. The van der Waals surface area contributed by atoms with Gasteiger partial charge in [-0.2, -0.15) is 5.10 Å². The predicted molar refractivity (Wildman–Crippen MR) is 101 cm³/mol. The first-order valence-electron chi connectivity index (χ1n) is 8.50. The molecule has 1 atom stereocenters. The molecule has 0 fully saturated rings. The van der Waals surface area contributed by atoms with E-state index in [1.807, 2.05) is 23.9 Å². The molecular formula is C20H25N5. The topological polar surface area (TPSA) is 46.0 Å². The number of benzene rings is 1. The van der Waals surface area contributed by atoms with Gasteiger partial charge in [0.25, 0.3) is 0 Å². The van der Waals surface area contributed by atoms with E-state index in [4.69, 9.17) is 0 Å². The van der Waals surface area contributed by atoms with Gasteiger partial charge in [0.1, 0.15) is 0 Å². The summed E-state index contributed by atoms with van der Waals surface area (Å²) in [5, 5.41) is 8.20. The lowest BCUT2D eigenvalue weighted by Gasteiger charge is -2.25. The average molecular weight is 335 g/mol. The second kappa shape index (κ2) is 8.05. The largest absolute Gasteiger partial charge is 0.311 e. The van der Waals surface area contributed by atoms with E-state index in [1.54, 1.807) is 12.4 Å². The summed E-state index contributed by atoms with van der Waals surface area (Å²) in [6.45, 7) is 1.66. The van der Waals surface area contributed by atoms with Gasteiger partial charge in [0.05, 0.1) is 5.69 Å². The molecule has 1 unspecified atom stereocenters. The highest BCUT2D eigenvalue weighted by atomic mass is 15.3. The van der Waals surface area contributed by atoms with Gasteiger partial charge in [-0.25, -0.2) is 0 Å². The van der Waals surface area contributed by atoms with E-state index in [0.717, 1.165) is 24.3 Å². The van der Waals surface area contributed by atoms with Crippen LogP contribution in [0.2, 0.25) is 0 Å². The van der Waals surface area contributed by atoms with Gasteiger partial charge in [0, 0.05) is 55.9 Å². The number of aryl methyl sites for hydroxylation is 1. The number of hydrogen-bond acceptors (Lipinski definition) is 4. The standard InChI is InChI=1S/C20H25N5/c1-24(2)19(16-7-5-4-6-8-16)14-22-13-18-15-25(3)23-20(18)17-9-11-21-12-10-17/h4-12,15,19,22H,13-14H2,1-3H3. The summed E-state index contributed by atoms with van der Waals surface area (Å²) in [5.41, 5.74) is 4.62. The van der Waals surface area contributed by atoms with E-state index in [2.05, 4.69) is 70.9 Å². The van der Waals surface area contributed by atoms with E-state index >= 15 is 0 Å². The van der Waals surface area contributed by atoms with E-state index < -0.39 is 0 Å². The lowest BCUT2D eigenvalue weighted by Crippen LogP contribution is -2.30. The molecule has 0 aliphatic carbocycles. The number of rotatable bonds is 7. The second-order valence-electron chi connectivity index (χ2n) is 6.43. The van der Waals surface area contributed by atoms with Gasteiger partial charge in [-0.3, -0.25) is 9.67 Å². The highest BCUT2D eigenvalue weighted by Gasteiger charge is 2.15. The van der Waals surface area contributed by atoms with Gasteiger partial charge in [-0.1, -0.05) is 30.3 Å². The number of nitrogens with one attached hydrogen (secondary N) is 1. The quantitative estimate of drug-likeness (QED) is 0.721. The normalized spacial score (nSPS) is 12.5. The summed E-state index contributed by atoms with van der Waals surface area (Å²) in [7, 11) is 6.19. The van der Waals surface area contributed by atoms with Gasteiger partial charge in [-0.05, 0) is 31.8 Å². The lowest BCUT2D eigenvalue weighted by molar-refractivity contribution is 0.288. The van der Waals surface area contributed by atoms with E-state index in [0.29, 0.717) is 6.04 Å². The molecule has 0 saturated carbocycles. The third kappa shape index (κ3) is 4.32. The van der Waals surface area contributed by atoms with E-state index in [9.17, 15) is 0 Å². The van der Waals surface area contributed by atoms with Crippen molar-refractivity contribution in [1.29, 1.82) is 0 Å². The number of aromatic nitrogens is 3. The fraction of sp³-hybridized carbons (Fsp3) is 0.300. The first-order valence-corrected chi connectivity index (χ1v) is 8.50. The Morgan fingerprint density at radius 2 is 1.80 bits per heavy atom. The lowest BCUT2D eigenvalue weighted by atomic mass is 10.1. The van der Waals surface area contributed by atoms with Crippen molar-refractivity contribution in [2.45, 2.75) is 12.6 Å². The zero-order valence-electron chi connectivity index (χ0n) is 15.1.